The van der Waals surface area contributed by atoms with Gasteiger partial charge in [0.25, 0.3) is 6.43 Å². The molecule has 0 spiro atoms. The number of esters is 1. The molecule has 0 saturated heterocycles. The topological polar surface area (TPSA) is 39.2 Å². The molecule has 0 bridgehead atoms. The van der Waals surface area contributed by atoms with Crippen molar-refractivity contribution in [1.29, 1.82) is 0 Å². The van der Waals surface area contributed by atoms with Gasteiger partial charge in [-0.25, -0.2) is 13.8 Å². The highest BCUT2D eigenvalue weighted by atomic mass is 19.4. The van der Waals surface area contributed by atoms with Gasteiger partial charge in [0.15, 0.2) is 5.69 Å². The van der Waals surface area contributed by atoms with Crippen LogP contribution in [0.25, 0.3) is 0 Å². The predicted molar refractivity (Wildman–Crippen MR) is 54.5 cm³/mol. The van der Waals surface area contributed by atoms with E-state index in [2.05, 4.69) is 9.72 Å². The van der Waals surface area contributed by atoms with Crippen LogP contribution in [0.15, 0.2) is 6.07 Å². The molecule has 0 aliphatic rings. The quantitative estimate of drug-likeness (QED) is 0.487. The fraction of sp³-hybridized carbons (Fsp3) is 0.455. The van der Waals surface area contributed by atoms with E-state index in [4.69, 9.17) is 0 Å². The SMILES string of the molecule is CCOC(=O)Cc1cc(F)nc(C(F)(F)F)c1C(F)F. The molecule has 0 N–H and O–H groups in total. The van der Waals surface area contributed by atoms with Crippen molar-refractivity contribution in [2.45, 2.75) is 25.9 Å². The number of carbonyl (C=O) groups is 1. The molecule has 20 heavy (non-hydrogen) atoms. The van der Waals surface area contributed by atoms with Crippen LogP contribution in [-0.2, 0) is 22.1 Å². The first-order valence-electron chi connectivity index (χ1n) is 5.37. The average Bonchev–Trinajstić information content (AvgIpc) is 2.26. The standard InChI is InChI=1S/C11H9F6NO2/c1-2-20-7(19)4-5-3-6(12)18-9(11(15,16)17)8(5)10(13)14/h3,10H,2,4H2,1H3. The fourth-order valence-corrected chi connectivity index (χ4v) is 1.55. The summed E-state index contributed by atoms with van der Waals surface area (Å²) in [4.78, 5) is 13.6. The number of hydrogen-bond donors (Lipinski definition) is 0. The molecular formula is C11H9F6NO2. The molecule has 0 unspecified atom stereocenters. The molecular weight excluding hydrogens is 292 g/mol. The van der Waals surface area contributed by atoms with Crippen molar-refractivity contribution < 1.29 is 35.9 Å². The van der Waals surface area contributed by atoms with E-state index in [-0.39, 0.29) is 6.61 Å². The Morgan fingerprint density at radius 1 is 1.40 bits per heavy atom. The van der Waals surface area contributed by atoms with Crippen LogP contribution in [0, 0.1) is 5.95 Å². The van der Waals surface area contributed by atoms with Crippen molar-refractivity contribution in [2.75, 3.05) is 6.61 Å². The highest BCUT2D eigenvalue weighted by molar-refractivity contribution is 5.73. The zero-order valence-corrected chi connectivity index (χ0v) is 10.1. The van der Waals surface area contributed by atoms with Crippen LogP contribution in [0.2, 0.25) is 0 Å². The minimum absolute atomic E-state index is 0.0808. The fourth-order valence-electron chi connectivity index (χ4n) is 1.55. The molecule has 0 atom stereocenters. The van der Waals surface area contributed by atoms with E-state index in [1.165, 1.54) is 6.92 Å². The first-order valence-corrected chi connectivity index (χ1v) is 5.37. The third kappa shape index (κ3) is 3.84. The summed E-state index contributed by atoms with van der Waals surface area (Å²) in [7, 11) is 0. The average molecular weight is 301 g/mol. The van der Waals surface area contributed by atoms with Gasteiger partial charge in [0.1, 0.15) is 0 Å². The zero-order valence-electron chi connectivity index (χ0n) is 10.1. The minimum atomic E-state index is -5.25. The van der Waals surface area contributed by atoms with Gasteiger partial charge in [-0.1, -0.05) is 0 Å². The van der Waals surface area contributed by atoms with E-state index in [1.54, 1.807) is 0 Å². The van der Waals surface area contributed by atoms with Crippen LogP contribution in [0.1, 0.15) is 30.2 Å². The Morgan fingerprint density at radius 3 is 2.45 bits per heavy atom. The molecule has 3 nitrogen and oxygen atoms in total. The van der Waals surface area contributed by atoms with Gasteiger partial charge in [-0.3, -0.25) is 4.79 Å². The maximum atomic E-state index is 13.0. The number of hydrogen-bond acceptors (Lipinski definition) is 3. The van der Waals surface area contributed by atoms with Crippen LogP contribution < -0.4 is 0 Å². The Morgan fingerprint density at radius 2 is 2.00 bits per heavy atom. The van der Waals surface area contributed by atoms with Gasteiger partial charge in [-0.2, -0.15) is 17.6 Å². The van der Waals surface area contributed by atoms with Crippen LogP contribution in [0.3, 0.4) is 0 Å². The lowest BCUT2D eigenvalue weighted by Crippen LogP contribution is -2.18. The Bertz CT molecular complexity index is 500. The number of aromatic nitrogens is 1. The van der Waals surface area contributed by atoms with Gasteiger partial charge in [0, 0.05) is 0 Å². The molecule has 0 radical (unpaired) electrons. The molecule has 0 aromatic carbocycles. The highest BCUT2D eigenvalue weighted by Gasteiger charge is 2.40. The van der Waals surface area contributed by atoms with E-state index in [0.29, 0.717) is 6.07 Å². The summed E-state index contributed by atoms with van der Waals surface area (Å²) in [6.45, 7) is 1.35. The number of nitrogens with zero attached hydrogens (tertiary/aromatic N) is 1. The molecule has 0 aliphatic carbocycles. The second-order valence-electron chi connectivity index (χ2n) is 3.65. The number of rotatable bonds is 4. The second kappa shape index (κ2) is 6.10. The van der Waals surface area contributed by atoms with Crippen LogP contribution in [0.5, 0.6) is 0 Å². The number of ether oxygens (including phenoxy) is 1. The van der Waals surface area contributed by atoms with E-state index < -0.39 is 47.8 Å². The summed E-state index contributed by atoms with van der Waals surface area (Å²) >= 11 is 0. The molecule has 112 valence electrons. The van der Waals surface area contributed by atoms with E-state index in [1.807, 2.05) is 0 Å². The molecule has 1 rings (SSSR count). The lowest BCUT2D eigenvalue weighted by Gasteiger charge is -2.15. The first kappa shape index (κ1) is 16.3. The van der Waals surface area contributed by atoms with Crippen molar-refractivity contribution in [1.82, 2.24) is 4.98 Å². The van der Waals surface area contributed by atoms with E-state index >= 15 is 0 Å². The maximum Gasteiger partial charge on any atom is 0.433 e. The van der Waals surface area contributed by atoms with Crippen molar-refractivity contribution >= 4 is 5.97 Å². The maximum absolute atomic E-state index is 13.0. The Hall–Kier alpha value is -1.80. The number of pyridine rings is 1. The molecule has 0 aliphatic heterocycles. The number of carbonyl (C=O) groups excluding carboxylic acids is 1. The zero-order chi connectivity index (χ0) is 15.5. The summed E-state index contributed by atoms with van der Waals surface area (Å²) in [5.41, 5.74) is -4.34. The molecule has 9 heteroatoms. The minimum Gasteiger partial charge on any atom is -0.466 e. The van der Waals surface area contributed by atoms with Crippen molar-refractivity contribution in [3.8, 4) is 0 Å². The van der Waals surface area contributed by atoms with Crippen molar-refractivity contribution in [3.05, 3.63) is 28.8 Å². The molecule has 0 fully saturated rings. The van der Waals surface area contributed by atoms with E-state index in [9.17, 15) is 31.1 Å². The van der Waals surface area contributed by atoms with Crippen molar-refractivity contribution in [2.24, 2.45) is 0 Å². The van der Waals surface area contributed by atoms with Crippen molar-refractivity contribution in [3.63, 3.8) is 0 Å². The van der Waals surface area contributed by atoms with Gasteiger partial charge < -0.3 is 4.74 Å². The van der Waals surface area contributed by atoms with E-state index in [0.717, 1.165) is 0 Å². The highest BCUT2D eigenvalue weighted by Crippen LogP contribution is 2.37. The Labute approximate surface area is 109 Å². The number of halogens is 6. The second-order valence-corrected chi connectivity index (χ2v) is 3.65. The Kier molecular flexibility index (Phi) is 4.96. The number of alkyl halides is 5. The lowest BCUT2D eigenvalue weighted by molar-refractivity contribution is -0.145. The third-order valence-corrected chi connectivity index (χ3v) is 2.24. The molecule has 0 amide bonds. The third-order valence-electron chi connectivity index (χ3n) is 2.24. The smallest absolute Gasteiger partial charge is 0.433 e. The molecule has 0 saturated carbocycles. The van der Waals surface area contributed by atoms with Gasteiger partial charge >= 0.3 is 12.1 Å². The summed E-state index contributed by atoms with van der Waals surface area (Å²) in [6, 6.07) is 0.369. The van der Waals surface area contributed by atoms with Crippen LogP contribution in [0.4, 0.5) is 26.3 Å². The Balaban J connectivity index is 3.35. The normalized spacial score (nSPS) is 11.8. The molecule has 1 heterocycles. The lowest BCUT2D eigenvalue weighted by atomic mass is 10.0. The first-order chi connectivity index (χ1) is 9.16. The largest absolute Gasteiger partial charge is 0.466 e. The van der Waals surface area contributed by atoms with Gasteiger partial charge in [-0.15, -0.1) is 0 Å². The van der Waals surface area contributed by atoms with Crippen LogP contribution >= 0.6 is 0 Å². The molecule has 1 aromatic heterocycles. The molecule has 1 aromatic rings. The van der Waals surface area contributed by atoms with Crippen LogP contribution in [-0.4, -0.2) is 17.6 Å². The monoisotopic (exact) mass is 301 g/mol. The predicted octanol–water partition coefficient (Wildman–Crippen LogP) is 3.28. The summed E-state index contributed by atoms with van der Waals surface area (Å²) in [5, 5.41) is 0. The summed E-state index contributed by atoms with van der Waals surface area (Å²) in [6.07, 6.45) is -9.70. The summed E-state index contributed by atoms with van der Waals surface area (Å²) < 4.78 is 80.7. The van der Waals surface area contributed by atoms with Gasteiger partial charge in [0.2, 0.25) is 5.95 Å². The summed E-state index contributed by atoms with van der Waals surface area (Å²) in [5.74, 6) is -2.63. The van der Waals surface area contributed by atoms with Gasteiger partial charge in [-0.05, 0) is 18.6 Å². The van der Waals surface area contributed by atoms with Gasteiger partial charge in [0.05, 0.1) is 18.6 Å².